The zero-order chi connectivity index (χ0) is 16.7. The van der Waals surface area contributed by atoms with Crippen molar-refractivity contribution in [3.8, 4) is 0 Å². The molecule has 0 unspecified atom stereocenters. The molecule has 1 aliphatic carbocycles. The van der Waals surface area contributed by atoms with E-state index in [-0.39, 0.29) is 5.91 Å². The molecule has 1 aliphatic rings. The standard InChI is InChI=1S/C19H19N3O2/c1-22(2)15-8-5-12(6-9-15)18(23)20-14-7-10-17-16(11-14)21-19(24-17)13-3-4-13/h5-11,13H,3-4H2,1-2H3,(H,20,23). The summed E-state index contributed by atoms with van der Waals surface area (Å²) in [5.41, 5.74) is 3.96. The highest BCUT2D eigenvalue weighted by atomic mass is 16.3. The van der Waals surface area contributed by atoms with Crippen LogP contribution in [0.3, 0.4) is 0 Å². The Kier molecular flexibility index (Phi) is 3.49. The van der Waals surface area contributed by atoms with Crippen LogP contribution in [0.2, 0.25) is 0 Å². The third-order valence-corrected chi connectivity index (χ3v) is 4.23. The molecule has 0 aliphatic heterocycles. The van der Waals surface area contributed by atoms with Crippen molar-refractivity contribution in [3.63, 3.8) is 0 Å². The molecule has 1 N–H and O–H groups in total. The zero-order valence-corrected chi connectivity index (χ0v) is 13.7. The van der Waals surface area contributed by atoms with Crippen LogP contribution in [-0.2, 0) is 0 Å². The van der Waals surface area contributed by atoms with Crippen LogP contribution in [0.25, 0.3) is 11.1 Å². The Morgan fingerprint density at radius 1 is 1.17 bits per heavy atom. The van der Waals surface area contributed by atoms with Crippen molar-refractivity contribution in [2.75, 3.05) is 24.3 Å². The summed E-state index contributed by atoms with van der Waals surface area (Å²) in [6.45, 7) is 0. The number of carbonyl (C=O) groups excluding carboxylic acids is 1. The molecule has 1 fully saturated rings. The fraction of sp³-hybridized carbons (Fsp3) is 0.263. The number of amides is 1. The maximum atomic E-state index is 12.4. The van der Waals surface area contributed by atoms with Crippen molar-refractivity contribution in [1.29, 1.82) is 0 Å². The first-order valence-corrected chi connectivity index (χ1v) is 8.09. The van der Waals surface area contributed by atoms with Crippen LogP contribution in [0.5, 0.6) is 0 Å². The number of aromatic nitrogens is 1. The van der Waals surface area contributed by atoms with Gasteiger partial charge in [0.05, 0.1) is 0 Å². The van der Waals surface area contributed by atoms with Gasteiger partial charge in [-0.2, -0.15) is 0 Å². The number of anilines is 2. The molecule has 1 heterocycles. The fourth-order valence-corrected chi connectivity index (χ4v) is 2.64. The number of rotatable bonds is 4. The van der Waals surface area contributed by atoms with Gasteiger partial charge < -0.3 is 14.6 Å². The molecule has 1 aromatic heterocycles. The second-order valence-electron chi connectivity index (χ2n) is 6.40. The summed E-state index contributed by atoms with van der Waals surface area (Å²) in [7, 11) is 3.94. The van der Waals surface area contributed by atoms with Crippen molar-refractivity contribution in [2.45, 2.75) is 18.8 Å². The van der Waals surface area contributed by atoms with Crippen LogP contribution < -0.4 is 10.2 Å². The monoisotopic (exact) mass is 321 g/mol. The molecule has 0 saturated heterocycles. The highest BCUT2D eigenvalue weighted by Gasteiger charge is 2.28. The van der Waals surface area contributed by atoms with Crippen LogP contribution in [0.15, 0.2) is 46.9 Å². The summed E-state index contributed by atoms with van der Waals surface area (Å²) < 4.78 is 5.74. The zero-order valence-electron chi connectivity index (χ0n) is 13.7. The molecule has 1 saturated carbocycles. The van der Waals surface area contributed by atoms with Crippen molar-refractivity contribution >= 4 is 28.4 Å². The average molecular weight is 321 g/mol. The van der Waals surface area contributed by atoms with E-state index in [4.69, 9.17) is 4.42 Å². The van der Waals surface area contributed by atoms with Gasteiger partial charge >= 0.3 is 0 Å². The Bertz CT molecular complexity index is 893. The number of benzene rings is 2. The van der Waals surface area contributed by atoms with Gasteiger partial charge in [0, 0.05) is 37.0 Å². The minimum atomic E-state index is -0.134. The van der Waals surface area contributed by atoms with E-state index in [2.05, 4.69) is 10.3 Å². The van der Waals surface area contributed by atoms with E-state index in [0.717, 1.165) is 41.2 Å². The summed E-state index contributed by atoms with van der Waals surface area (Å²) in [6.07, 6.45) is 2.30. The lowest BCUT2D eigenvalue weighted by Gasteiger charge is -2.12. The predicted molar refractivity (Wildman–Crippen MR) is 94.7 cm³/mol. The molecule has 0 bridgehead atoms. The molecule has 122 valence electrons. The predicted octanol–water partition coefficient (Wildman–Crippen LogP) is 4.02. The van der Waals surface area contributed by atoms with Crippen molar-refractivity contribution < 1.29 is 9.21 Å². The van der Waals surface area contributed by atoms with Gasteiger partial charge in [-0.1, -0.05) is 0 Å². The molecule has 1 amide bonds. The third kappa shape index (κ3) is 2.85. The number of carbonyl (C=O) groups is 1. The number of oxazole rings is 1. The van der Waals surface area contributed by atoms with E-state index in [1.807, 2.05) is 61.5 Å². The first-order chi connectivity index (χ1) is 11.6. The Balaban J connectivity index is 1.53. The Morgan fingerprint density at radius 3 is 2.58 bits per heavy atom. The van der Waals surface area contributed by atoms with Crippen molar-refractivity contribution in [3.05, 3.63) is 53.9 Å². The normalized spacial score (nSPS) is 13.9. The minimum Gasteiger partial charge on any atom is -0.440 e. The van der Waals surface area contributed by atoms with Crippen molar-refractivity contribution in [2.24, 2.45) is 0 Å². The van der Waals surface area contributed by atoms with Crippen LogP contribution >= 0.6 is 0 Å². The quantitative estimate of drug-likeness (QED) is 0.788. The van der Waals surface area contributed by atoms with Crippen LogP contribution in [0, 0.1) is 0 Å². The highest BCUT2D eigenvalue weighted by molar-refractivity contribution is 6.05. The van der Waals surface area contributed by atoms with Crippen molar-refractivity contribution in [1.82, 2.24) is 4.98 Å². The van der Waals surface area contributed by atoms with Crippen LogP contribution in [-0.4, -0.2) is 25.0 Å². The largest absolute Gasteiger partial charge is 0.440 e. The molecule has 0 spiro atoms. The first kappa shape index (κ1) is 14.8. The summed E-state index contributed by atoms with van der Waals surface area (Å²) in [6, 6.07) is 13.1. The average Bonchev–Trinajstić information content (AvgIpc) is 3.34. The van der Waals surface area contributed by atoms with E-state index in [1.54, 1.807) is 0 Å². The number of fused-ring (bicyclic) bond motifs is 1. The number of hydrogen-bond acceptors (Lipinski definition) is 4. The number of nitrogens with zero attached hydrogens (tertiary/aromatic N) is 2. The van der Waals surface area contributed by atoms with Gasteiger partial charge in [0.2, 0.25) is 0 Å². The number of hydrogen-bond donors (Lipinski definition) is 1. The molecule has 0 radical (unpaired) electrons. The van der Waals surface area contributed by atoms with Gasteiger partial charge in [0.15, 0.2) is 11.5 Å². The minimum absolute atomic E-state index is 0.134. The van der Waals surface area contributed by atoms with Crippen LogP contribution in [0.1, 0.15) is 35.0 Å². The lowest BCUT2D eigenvalue weighted by molar-refractivity contribution is 0.102. The third-order valence-electron chi connectivity index (χ3n) is 4.23. The van der Waals surface area contributed by atoms with E-state index in [1.165, 1.54) is 0 Å². The van der Waals surface area contributed by atoms with E-state index >= 15 is 0 Å². The Labute approximate surface area is 140 Å². The molecule has 2 aromatic carbocycles. The summed E-state index contributed by atoms with van der Waals surface area (Å²) in [5.74, 6) is 1.16. The number of nitrogens with one attached hydrogen (secondary N) is 1. The first-order valence-electron chi connectivity index (χ1n) is 8.09. The van der Waals surface area contributed by atoms with Gasteiger partial charge in [-0.05, 0) is 55.3 Å². The van der Waals surface area contributed by atoms with E-state index < -0.39 is 0 Å². The van der Waals surface area contributed by atoms with Gasteiger partial charge in [-0.3, -0.25) is 4.79 Å². The topological polar surface area (TPSA) is 58.4 Å². The molecular weight excluding hydrogens is 302 g/mol. The lowest BCUT2D eigenvalue weighted by atomic mass is 10.2. The molecule has 5 nitrogen and oxygen atoms in total. The molecule has 3 aromatic rings. The molecule has 4 rings (SSSR count). The second kappa shape index (κ2) is 5.67. The van der Waals surface area contributed by atoms with Gasteiger partial charge in [0.1, 0.15) is 5.52 Å². The molecule has 0 atom stereocenters. The second-order valence-corrected chi connectivity index (χ2v) is 6.40. The molecule has 5 heteroatoms. The molecular formula is C19H19N3O2. The summed E-state index contributed by atoms with van der Waals surface area (Å²) >= 11 is 0. The summed E-state index contributed by atoms with van der Waals surface area (Å²) in [5, 5.41) is 2.92. The maximum absolute atomic E-state index is 12.4. The Morgan fingerprint density at radius 2 is 1.92 bits per heavy atom. The van der Waals surface area contributed by atoms with E-state index in [0.29, 0.717) is 11.5 Å². The van der Waals surface area contributed by atoms with Crippen LogP contribution in [0.4, 0.5) is 11.4 Å². The summed E-state index contributed by atoms with van der Waals surface area (Å²) in [4.78, 5) is 18.9. The Hall–Kier alpha value is -2.82. The van der Waals surface area contributed by atoms with Gasteiger partial charge in [-0.25, -0.2) is 4.98 Å². The maximum Gasteiger partial charge on any atom is 0.255 e. The SMILES string of the molecule is CN(C)c1ccc(C(=O)Nc2ccc3oc(C4CC4)nc3c2)cc1. The highest BCUT2D eigenvalue weighted by Crippen LogP contribution is 2.40. The van der Waals surface area contributed by atoms with Gasteiger partial charge in [-0.15, -0.1) is 0 Å². The van der Waals surface area contributed by atoms with E-state index in [9.17, 15) is 4.79 Å². The molecule has 24 heavy (non-hydrogen) atoms. The fourth-order valence-electron chi connectivity index (χ4n) is 2.64. The smallest absolute Gasteiger partial charge is 0.255 e. The lowest BCUT2D eigenvalue weighted by Crippen LogP contribution is -2.13. The van der Waals surface area contributed by atoms with Gasteiger partial charge in [0.25, 0.3) is 5.91 Å².